The first-order valence-electron chi connectivity index (χ1n) is 4.20. The van der Waals surface area contributed by atoms with Crippen LogP contribution in [0.2, 0.25) is 0 Å². The maximum atomic E-state index is 9.11. The lowest BCUT2D eigenvalue weighted by molar-refractivity contribution is 0.281. The van der Waals surface area contributed by atoms with Gasteiger partial charge in [0.1, 0.15) is 0 Å². The summed E-state index contributed by atoms with van der Waals surface area (Å²) in [6, 6.07) is 7.77. The van der Waals surface area contributed by atoms with Crippen LogP contribution in [-0.2, 0) is 6.61 Å². The molecule has 14 heavy (non-hydrogen) atoms. The molecule has 1 N–H and O–H groups in total. The second-order valence-corrected chi connectivity index (χ2v) is 4.05. The van der Waals surface area contributed by atoms with Gasteiger partial charge in [-0.2, -0.15) is 5.10 Å². The smallest absolute Gasteiger partial charge is 0.0692 e. The fraction of sp³-hybridized carbons (Fsp3) is 0.100. The highest BCUT2D eigenvalue weighted by atomic mass is 127. The molecular formula is C10H9IN2O. The largest absolute Gasteiger partial charge is 0.392 e. The molecule has 4 heteroatoms. The van der Waals surface area contributed by atoms with E-state index in [1.54, 1.807) is 10.9 Å². The Morgan fingerprint density at radius 3 is 2.93 bits per heavy atom. The molecule has 0 aliphatic rings. The summed E-state index contributed by atoms with van der Waals surface area (Å²) >= 11 is 2.21. The van der Waals surface area contributed by atoms with Crippen molar-refractivity contribution in [1.82, 2.24) is 9.78 Å². The Kier molecular flexibility index (Phi) is 2.83. The highest BCUT2D eigenvalue weighted by Crippen LogP contribution is 2.16. The third-order valence-corrected chi connectivity index (χ3v) is 3.02. The first-order valence-corrected chi connectivity index (χ1v) is 5.28. The Morgan fingerprint density at radius 1 is 1.43 bits per heavy atom. The van der Waals surface area contributed by atoms with Crippen LogP contribution in [0.25, 0.3) is 5.69 Å². The van der Waals surface area contributed by atoms with Crippen molar-refractivity contribution in [3.63, 3.8) is 0 Å². The van der Waals surface area contributed by atoms with Crippen molar-refractivity contribution in [2.24, 2.45) is 0 Å². The summed E-state index contributed by atoms with van der Waals surface area (Å²) in [4.78, 5) is 0. The number of aliphatic hydroxyl groups excluding tert-OH is 1. The minimum absolute atomic E-state index is 0.0629. The monoisotopic (exact) mass is 300 g/mol. The van der Waals surface area contributed by atoms with Gasteiger partial charge in [-0.15, -0.1) is 0 Å². The molecule has 1 aromatic carbocycles. The van der Waals surface area contributed by atoms with E-state index < -0.39 is 0 Å². The van der Waals surface area contributed by atoms with Crippen molar-refractivity contribution in [3.05, 3.63) is 45.8 Å². The van der Waals surface area contributed by atoms with E-state index in [4.69, 9.17) is 5.11 Å². The number of aromatic nitrogens is 2. The Balaban J connectivity index is 2.46. The quantitative estimate of drug-likeness (QED) is 0.861. The fourth-order valence-corrected chi connectivity index (χ4v) is 1.75. The topological polar surface area (TPSA) is 38.0 Å². The second-order valence-electron chi connectivity index (χ2n) is 2.88. The molecule has 0 unspecified atom stereocenters. The Labute approximate surface area is 95.5 Å². The van der Waals surface area contributed by atoms with Gasteiger partial charge in [0.15, 0.2) is 0 Å². The highest BCUT2D eigenvalue weighted by molar-refractivity contribution is 14.1. The van der Waals surface area contributed by atoms with Crippen molar-refractivity contribution < 1.29 is 5.11 Å². The molecule has 0 spiro atoms. The van der Waals surface area contributed by atoms with Gasteiger partial charge < -0.3 is 5.11 Å². The first kappa shape index (κ1) is 9.67. The van der Waals surface area contributed by atoms with E-state index in [1.807, 2.05) is 30.5 Å². The number of nitrogens with zero attached hydrogens (tertiary/aromatic N) is 2. The number of hydrogen-bond acceptors (Lipinski definition) is 2. The molecule has 0 radical (unpaired) electrons. The summed E-state index contributed by atoms with van der Waals surface area (Å²) in [7, 11) is 0. The molecule has 2 aromatic rings. The predicted molar refractivity (Wildman–Crippen MR) is 62.2 cm³/mol. The maximum Gasteiger partial charge on any atom is 0.0692 e. The third-order valence-electron chi connectivity index (χ3n) is 1.97. The van der Waals surface area contributed by atoms with Gasteiger partial charge in [-0.05, 0) is 52.4 Å². The van der Waals surface area contributed by atoms with Crippen molar-refractivity contribution >= 4 is 22.6 Å². The molecule has 0 saturated heterocycles. The SMILES string of the molecule is OCc1cc(-n2cccn2)ccc1I. The molecule has 0 aliphatic heterocycles. The molecule has 0 amide bonds. The van der Waals surface area contributed by atoms with Crippen molar-refractivity contribution in [3.8, 4) is 5.69 Å². The molecule has 1 aromatic heterocycles. The molecule has 72 valence electrons. The van der Waals surface area contributed by atoms with Gasteiger partial charge in [0.2, 0.25) is 0 Å². The minimum Gasteiger partial charge on any atom is -0.392 e. The summed E-state index contributed by atoms with van der Waals surface area (Å²) < 4.78 is 2.84. The zero-order chi connectivity index (χ0) is 9.97. The van der Waals surface area contributed by atoms with Gasteiger partial charge in [-0.1, -0.05) is 0 Å². The summed E-state index contributed by atoms with van der Waals surface area (Å²) in [5.74, 6) is 0. The van der Waals surface area contributed by atoms with Crippen LogP contribution in [0.4, 0.5) is 0 Å². The van der Waals surface area contributed by atoms with E-state index in [9.17, 15) is 0 Å². The average molecular weight is 300 g/mol. The molecule has 3 nitrogen and oxygen atoms in total. The van der Waals surface area contributed by atoms with E-state index in [0.29, 0.717) is 0 Å². The van der Waals surface area contributed by atoms with Crippen LogP contribution in [0.1, 0.15) is 5.56 Å². The first-order chi connectivity index (χ1) is 6.81. The lowest BCUT2D eigenvalue weighted by Gasteiger charge is -2.05. The molecule has 0 atom stereocenters. The van der Waals surface area contributed by atoms with E-state index in [2.05, 4.69) is 27.7 Å². The number of rotatable bonds is 2. The molecule has 0 aliphatic carbocycles. The zero-order valence-corrected chi connectivity index (χ0v) is 9.55. The number of hydrogen-bond donors (Lipinski definition) is 1. The van der Waals surface area contributed by atoms with Crippen LogP contribution in [0.5, 0.6) is 0 Å². The Bertz CT molecular complexity index is 426. The van der Waals surface area contributed by atoms with Crippen molar-refractivity contribution in [2.75, 3.05) is 0 Å². The summed E-state index contributed by atoms with van der Waals surface area (Å²) in [6.07, 6.45) is 3.61. The van der Waals surface area contributed by atoms with Crippen LogP contribution in [0, 0.1) is 3.57 Å². The van der Waals surface area contributed by atoms with Crippen LogP contribution in [0.15, 0.2) is 36.7 Å². The molecule has 0 bridgehead atoms. The lowest BCUT2D eigenvalue weighted by atomic mass is 10.2. The van der Waals surface area contributed by atoms with Gasteiger partial charge in [-0.3, -0.25) is 0 Å². The van der Waals surface area contributed by atoms with Crippen molar-refractivity contribution in [1.29, 1.82) is 0 Å². The maximum absolute atomic E-state index is 9.11. The van der Waals surface area contributed by atoms with Gasteiger partial charge >= 0.3 is 0 Å². The number of halogens is 1. The van der Waals surface area contributed by atoms with Gasteiger partial charge in [0.25, 0.3) is 0 Å². The van der Waals surface area contributed by atoms with Gasteiger partial charge in [-0.25, -0.2) is 4.68 Å². The summed E-state index contributed by atoms with van der Waals surface area (Å²) in [5.41, 5.74) is 1.90. The molecule has 1 heterocycles. The fourth-order valence-electron chi connectivity index (χ4n) is 1.25. The molecular weight excluding hydrogens is 291 g/mol. The van der Waals surface area contributed by atoms with Gasteiger partial charge in [0.05, 0.1) is 12.3 Å². The van der Waals surface area contributed by atoms with Crippen LogP contribution >= 0.6 is 22.6 Å². The van der Waals surface area contributed by atoms with E-state index in [0.717, 1.165) is 14.8 Å². The van der Waals surface area contributed by atoms with Crippen molar-refractivity contribution in [2.45, 2.75) is 6.61 Å². The molecule has 0 fully saturated rings. The highest BCUT2D eigenvalue weighted by Gasteiger charge is 2.01. The number of benzene rings is 1. The molecule has 2 rings (SSSR count). The zero-order valence-electron chi connectivity index (χ0n) is 7.39. The van der Waals surface area contributed by atoms with Crippen LogP contribution < -0.4 is 0 Å². The van der Waals surface area contributed by atoms with E-state index in [-0.39, 0.29) is 6.61 Å². The normalized spacial score (nSPS) is 10.4. The molecule has 0 saturated carbocycles. The lowest BCUT2D eigenvalue weighted by Crippen LogP contribution is -1.97. The van der Waals surface area contributed by atoms with E-state index in [1.165, 1.54) is 0 Å². The number of aliphatic hydroxyl groups is 1. The summed E-state index contributed by atoms with van der Waals surface area (Å²) in [5, 5.41) is 13.2. The second kappa shape index (κ2) is 4.10. The average Bonchev–Trinajstić information content (AvgIpc) is 2.71. The Morgan fingerprint density at radius 2 is 2.29 bits per heavy atom. The Hall–Kier alpha value is -0.880. The minimum atomic E-state index is 0.0629. The third kappa shape index (κ3) is 1.80. The van der Waals surface area contributed by atoms with Crippen LogP contribution in [0.3, 0.4) is 0 Å². The van der Waals surface area contributed by atoms with Crippen LogP contribution in [-0.4, -0.2) is 14.9 Å². The summed E-state index contributed by atoms with van der Waals surface area (Å²) in [6.45, 7) is 0.0629. The van der Waals surface area contributed by atoms with Gasteiger partial charge in [0, 0.05) is 16.0 Å². The predicted octanol–water partition coefficient (Wildman–Crippen LogP) is 1.97. The standard InChI is InChI=1S/C10H9IN2O/c11-10-3-2-9(6-8(10)7-14)13-5-1-4-12-13/h1-6,14H,7H2. The van der Waals surface area contributed by atoms with E-state index >= 15 is 0 Å².